The Morgan fingerprint density at radius 3 is 2.31 bits per heavy atom. The van der Waals surface area contributed by atoms with Gasteiger partial charge in [-0.05, 0) is 25.5 Å². The molecule has 0 amide bonds. The van der Waals surface area contributed by atoms with Crippen LogP contribution in [0.2, 0.25) is 0 Å². The highest BCUT2D eigenvalue weighted by atomic mass is 32.3. The van der Waals surface area contributed by atoms with Crippen LogP contribution < -0.4 is 5.32 Å². The van der Waals surface area contributed by atoms with Gasteiger partial charge in [0.1, 0.15) is 0 Å². The molecule has 13 heavy (non-hydrogen) atoms. The van der Waals surface area contributed by atoms with Crippen LogP contribution in [0.3, 0.4) is 0 Å². The molecule has 1 aliphatic heterocycles. The van der Waals surface area contributed by atoms with Crippen LogP contribution in [0, 0.1) is 0 Å². The molecule has 0 saturated carbocycles. The summed E-state index contributed by atoms with van der Waals surface area (Å²) in [4.78, 5) is 0. The van der Waals surface area contributed by atoms with Crippen molar-refractivity contribution in [3.63, 3.8) is 0 Å². The topological polar surface area (TPSA) is 21.3 Å². The molecule has 1 atom stereocenters. The minimum Gasteiger partial charge on any atom is -0.332 e. The molecule has 0 aromatic carbocycles. The Hall–Kier alpha value is 0.270. The lowest BCUT2D eigenvalue weighted by molar-refractivity contribution is 0.249. The largest absolute Gasteiger partial charge is 0.332 e. The quantitative estimate of drug-likeness (QED) is 0.746. The molecule has 0 aromatic heterocycles. The van der Waals surface area contributed by atoms with E-state index in [0.717, 1.165) is 13.1 Å². The maximum absolute atomic E-state index is 6.18. The van der Waals surface area contributed by atoms with Crippen molar-refractivity contribution in [1.29, 1.82) is 0 Å². The minimum absolute atomic E-state index is 0.287. The summed E-state index contributed by atoms with van der Waals surface area (Å²) in [7, 11) is -0.921. The Balaban J connectivity index is 2.50. The van der Waals surface area contributed by atoms with E-state index >= 15 is 0 Å². The SMILES string of the molecule is CC(C)(C)S(C)(C)OC1CCNC1. The molecule has 1 saturated heterocycles. The van der Waals surface area contributed by atoms with Crippen molar-refractivity contribution in [2.45, 2.75) is 38.0 Å². The van der Waals surface area contributed by atoms with Gasteiger partial charge in [0.2, 0.25) is 0 Å². The van der Waals surface area contributed by atoms with E-state index in [1.165, 1.54) is 6.42 Å². The van der Waals surface area contributed by atoms with Gasteiger partial charge in [-0.1, -0.05) is 20.8 Å². The smallest absolute Gasteiger partial charge is 0.0837 e. The molecule has 80 valence electrons. The van der Waals surface area contributed by atoms with Crippen LogP contribution in [-0.4, -0.2) is 36.5 Å². The van der Waals surface area contributed by atoms with Crippen LogP contribution >= 0.6 is 10.3 Å². The first-order chi connectivity index (χ1) is 5.83. The van der Waals surface area contributed by atoms with Gasteiger partial charge in [-0.25, -0.2) is 0 Å². The molecule has 0 radical (unpaired) electrons. The first-order valence-corrected chi connectivity index (χ1v) is 7.32. The lowest BCUT2D eigenvalue weighted by Crippen LogP contribution is -2.29. The lowest BCUT2D eigenvalue weighted by atomic mass is 10.3. The van der Waals surface area contributed by atoms with E-state index in [4.69, 9.17) is 4.18 Å². The van der Waals surface area contributed by atoms with Crippen LogP contribution in [-0.2, 0) is 4.18 Å². The van der Waals surface area contributed by atoms with Crippen molar-refractivity contribution >= 4 is 10.3 Å². The zero-order valence-corrected chi connectivity index (χ0v) is 10.3. The van der Waals surface area contributed by atoms with Gasteiger partial charge in [-0.15, -0.1) is 10.3 Å². The zero-order valence-electron chi connectivity index (χ0n) is 9.52. The molecule has 1 heterocycles. The van der Waals surface area contributed by atoms with Crippen LogP contribution in [0.15, 0.2) is 0 Å². The number of hydrogen-bond acceptors (Lipinski definition) is 2. The zero-order chi connectivity index (χ0) is 10.1. The van der Waals surface area contributed by atoms with E-state index in [1.807, 2.05) is 0 Å². The summed E-state index contributed by atoms with van der Waals surface area (Å²) in [5.41, 5.74) is 0. The Morgan fingerprint density at radius 1 is 1.31 bits per heavy atom. The monoisotopic (exact) mass is 205 g/mol. The number of rotatable bonds is 2. The summed E-state index contributed by atoms with van der Waals surface area (Å²) < 4.78 is 6.47. The van der Waals surface area contributed by atoms with E-state index in [9.17, 15) is 0 Å². The Morgan fingerprint density at radius 2 is 1.92 bits per heavy atom. The van der Waals surface area contributed by atoms with Crippen molar-refractivity contribution in [1.82, 2.24) is 5.32 Å². The molecule has 0 spiro atoms. The fourth-order valence-electron chi connectivity index (χ4n) is 1.19. The van der Waals surface area contributed by atoms with Gasteiger partial charge in [0.05, 0.1) is 6.10 Å². The van der Waals surface area contributed by atoms with E-state index < -0.39 is 10.3 Å². The highest BCUT2D eigenvalue weighted by molar-refractivity contribution is 8.29. The van der Waals surface area contributed by atoms with Gasteiger partial charge >= 0.3 is 0 Å². The highest BCUT2D eigenvalue weighted by Gasteiger charge is 2.32. The highest BCUT2D eigenvalue weighted by Crippen LogP contribution is 2.54. The molecule has 1 fully saturated rings. The maximum Gasteiger partial charge on any atom is 0.0837 e. The Bertz CT molecular complexity index is 168. The standard InChI is InChI=1S/C10H23NOS/c1-10(2,3)13(4,5)12-9-6-7-11-8-9/h9,11H,6-8H2,1-5H3. The molecule has 0 bridgehead atoms. The number of nitrogens with one attached hydrogen (secondary N) is 1. The summed E-state index contributed by atoms with van der Waals surface area (Å²) in [6, 6.07) is 0. The summed E-state index contributed by atoms with van der Waals surface area (Å²) in [6.07, 6.45) is 6.16. The van der Waals surface area contributed by atoms with Crippen molar-refractivity contribution in [2.75, 3.05) is 25.6 Å². The van der Waals surface area contributed by atoms with Gasteiger partial charge in [0.25, 0.3) is 0 Å². The molecule has 1 N–H and O–H groups in total. The maximum atomic E-state index is 6.18. The van der Waals surface area contributed by atoms with Crippen LogP contribution in [0.5, 0.6) is 0 Å². The molecule has 0 aromatic rings. The second-order valence-electron chi connectivity index (χ2n) is 5.06. The van der Waals surface area contributed by atoms with Gasteiger partial charge < -0.3 is 9.50 Å². The van der Waals surface area contributed by atoms with Crippen molar-refractivity contribution in [3.05, 3.63) is 0 Å². The van der Waals surface area contributed by atoms with Crippen molar-refractivity contribution in [2.24, 2.45) is 0 Å². The van der Waals surface area contributed by atoms with Crippen molar-refractivity contribution < 1.29 is 4.18 Å². The Kier molecular flexibility index (Phi) is 3.31. The fraction of sp³-hybridized carbons (Fsp3) is 1.00. The van der Waals surface area contributed by atoms with E-state index in [1.54, 1.807) is 0 Å². The summed E-state index contributed by atoms with van der Waals surface area (Å²) in [5, 5.41) is 3.33. The third kappa shape index (κ3) is 2.86. The predicted molar refractivity (Wildman–Crippen MR) is 61.6 cm³/mol. The molecule has 3 heteroatoms. The first-order valence-electron chi connectivity index (χ1n) is 4.95. The molecular weight excluding hydrogens is 182 g/mol. The average molecular weight is 205 g/mol. The summed E-state index contributed by atoms with van der Waals surface area (Å²) >= 11 is 0. The normalized spacial score (nSPS) is 26.4. The van der Waals surface area contributed by atoms with Crippen molar-refractivity contribution in [3.8, 4) is 0 Å². The second kappa shape index (κ2) is 3.79. The fourth-order valence-corrected chi connectivity index (χ4v) is 2.33. The minimum atomic E-state index is -0.921. The van der Waals surface area contributed by atoms with Crippen LogP contribution in [0.25, 0.3) is 0 Å². The molecule has 0 aliphatic carbocycles. The summed E-state index contributed by atoms with van der Waals surface area (Å²) in [6.45, 7) is 8.96. The average Bonchev–Trinajstić information content (AvgIpc) is 2.35. The molecule has 1 aliphatic rings. The predicted octanol–water partition coefficient (Wildman–Crippen LogP) is 2.14. The van der Waals surface area contributed by atoms with Crippen LogP contribution in [0.4, 0.5) is 0 Å². The molecule has 1 unspecified atom stereocenters. The number of hydrogen-bond donors (Lipinski definition) is 1. The third-order valence-corrected chi connectivity index (χ3v) is 6.57. The first kappa shape index (κ1) is 11.3. The molecular formula is C10H23NOS. The van der Waals surface area contributed by atoms with Crippen LogP contribution in [0.1, 0.15) is 27.2 Å². The lowest BCUT2D eigenvalue weighted by Gasteiger charge is -2.45. The molecule has 2 nitrogen and oxygen atoms in total. The van der Waals surface area contributed by atoms with E-state index in [2.05, 4.69) is 38.6 Å². The Labute approximate surface area is 83.9 Å². The van der Waals surface area contributed by atoms with Gasteiger partial charge in [-0.2, -0.15) is 0 Å². The van der Waals surface area contributed by atoms with Gasteiger partial charge in [0.15, 0.2) is 0 Å². The third-order valence-electron chi connectivity index (χ3n) is 2.87. The summed E-state index contributed by atoms with van der Waals surface area (Å²) in [5.74, 6) is 0. The van der Waals surface area contributed by atoms with Gasteiger partial charge in [0, 0.05) is 11.3 Å². The van der Waals surface area contributed by atoms with Gasteiger partial charge in [-0.3, -0.25) is 0 Å². The van der Waals surface area contributed by atoms with E-state index in [-0.39, 0.29) is 4.75 Å². The second-order valence-corrected chi connectivity index (χ2v) is 8.94. The molecule has 1 rings (SSSR count). The van der Waals surface area contributed by atoms with E-state index in [0.29, 0.717) is 6.10 Å².